The largest absolute Gasteiger partial charge is 0.308 e. The molecule has 248 valence electrons. The van der Waals surface area contributed by atoms with Crippen LogP contribution >= 0.6 is 22.7 Å². The van der Waals surface area contributed by atoms with Gasteiger partial charge in [-0.25, -0.2) is 0 Å². The van der Waals surface area contributed by atoms with Crippen LogP contribution in [0.4, 0.5) is 17.1 Å². The molecule has 0 bridgehead atoms. The highest BCUT2D eigenvalue weighted by Crippen LogP contribution is 2.50. The number of nitrogens with zero attached hydrogens (tertiary/aromatic N) is 1. The summed E-state index contributed by atoms with van der Waals surface area (Å²) in [6.07, 6.45) is 0. The first-order valence-electron chi connectivity index (χ1n) is 18.0. The Morgan fingerprint density at radius 1 is 0.321 bits per heavy atom. The van der Waals surface area contributed by atoms with Crippen LogP contribution in [0.3, 0.4) is 0 Å². The zero-order valence-electron chi connectivity index (χ0n) is 28.7. The average Bonchev–Trinajstić information content (AvgIpc) is 3.80. The number of fused-ring (bicyclic) bond motifs is 8. The third-order valence-electron chi connectivity index (χ3n) is 10.7. The molecule has 0 N–H and O–H groups in total. The molecule has 53 heavy (non-hydrogen) atoms. The van der Waals surface area contributed by atoms with Gasteiger partial charge in [-0.3, -0.25) is 0 Å². The fourth-order valence-electron chi connectivity index (χ4n) is 8.26. The van der Waals surface area contributed by atoms with E-state index in [0.717, 1.165) is 11.4 Å². The molecule has 0 saturated carbocycles. The van der Waals surface area contributed by atoms with Crippen LogP contribution in [-0.4, -0.2) is 0 Å². The van der Waals surface area contributed by atoms with Gasteiger partial charge in [-0.05, 0) is 74.8 Å². The normalized spacial score (nSPS) is 11.8. The van der Waals surface area contributed by atoms with Gasteiger partial charge >= 0.3 is 0 Å². The Kier molecular flexibility index (Phi) is 6.97. The highest BCUT2D eigenvalue weighted by atomic mass is 32.1. The Morgan fingerprint density at radius 2 is 0.943 bits per heavy atom. The van der Waals surface area contributed by atoms with Crippen LogP contribution in [0.25, 0.3) is 84.1 Å². The van der Waals surface area contributed by atoms with E-state index in [-0.39, 0.29) is 0 Å². The summed E-state index contributed by atoms with van der Waals surface area (Å²) in [4.78, 5) is 2.51. The first-order chi connectivity index (χ1) is 26.3. The first kappa shape index (κ1) is 30.4. The second-order valence-corrected chi connectivity index (χ2v) is 15.7. The van der Waals surface area contributed by atoms with Crippen molar-refractivity contribution in [2.75, 3.05) is 4.90 Å². The van der Waals surface area contributed by atoms with E-state index >= 15 is 0 Å². The maximum atomic E-state index is 2.51. The topological polar surface area (TPSA) is 3.24 Å². The Hall–Kier alpha value is -6.26. The molecule has 0 amide bonds. The minimum absolute atomic E-state index is 1.15. The number of hydrogen-bond acceptors (Lipinski definition) is 3. The zero-order valence-corrected chi connectivity index (χ0v) is 30.3. The molecule has 0 aliphatic carbocycles. The Bertz CT molecular complexity index is 3180. The van der Waals surface area contributed by atoms with Crippen LogP contribution in [0.1, 0.15) is 0 Å². The molecule has 1 nitrogen and oxygen atoms in total. The van der Waals surface area contributed by atoms with Crippen molar-refractivity contribution in [1.29, 1.82) is 0 Å². The van der Waals surface area contributed by atoms with Crippen LogP contribution in [0.15, 0.2) is 188 Å². The molecule has 0 saturated heterocycles. The van der Waals surface area contributed by atoms with Crippen molar-refractivity contribution in [3.63, 3.8) is 0 Å². The monoisotopic (exact) mass is 709 g/mol. The van der Waals surface area contributed by atoms with E-state index in [2.05, 4.69) is 193 Å². The molecule has 11 aromatic rings. The molecule has 0 aliphatic heterocycles. The third-order valence-corrected chi connectivity index (χ3v) is 13.1. The van der Waals surface area contributed by atoms with Gasteiger partial charge in [0, 0.05) is 46.7 Å². The number of benzene rings is 9. The molecular formula is C50H31NS2. The fourth-order valence-corrected chi connectivity index (χ4v) is 10.7. The van der Waals surface area contributed by atoms with Crippen molar-refractivity contribution in [2.24, 2.45) is 0 Å². The Morgan fingerprint density at radius 3 is 1.83 bits per heavy atom. The zero-order chi connectivity index (χ0) is 34.9. The summed E-state index contributed by atoms with van der Waals surface area (Å²) in [5.41, 5.74) is 8.51. The minimum Gasteiger partial charge on any atom is -0.308 e. The van der Waals surface area contributed by atoms with Crippen LogP contribution in [0.2, 0.25) is 0 Å². The third kappa shape index (κ3) is 4.82. The van der Waals surface area contributed by atoms with Gasteiger partial charge in [0.15, 0.2) is 0 Å². The molecule has 0 aliphatic rings. The highest BCUT2D eigenvalue weighted by molar-refractivity contribution is 7.27. The van der Waals surface area contributed by atoms with Crippen LogP contribution in [0, 0.1) is 0 Å². The molecule has 0 fully saturated rings. The summed E-state index contributed by atoms with van der Waals surface area (Å²) < 4.78 is 5.22. The number of hydrogen-bond donors (Lipinski definition) is 0. The maximum absolute atomic E-state index is 2.51. The second kappa shape index (κ2) is 12.2. The molecular weight excluding hydrogens is 679 g/mol. The van der Waals surface area contributed by atoms with Gasteiger partial charge in [0.25, 0.3) is 0 Å². The van der Waals surface area contributed by atoms with Crippen LogP contribution in [-0.2, 0) is 0 Å². The van der Waals surface area contributed by atoms with Crippen molar-refractivity contribution >= 4 is 102 Å². The van der Waals surface area contributed by atoms with Crippen LogP contribution < -0.4 is 4.90 Å². The van der Waals surface area contributed by atoms with Gasteiger partial charge in [-0.1, -0.05) is 152 Å². The smallest absolute Gasteiger partial charge is 0.0640 e. The number of thiophene rings is 2. The second-order valence-electron chi connectivity index (χ2n) is 13.6. The van der Waals surface area contributed by atoms with Gasteiger partial charge in [-0.15, -0.1) is 22.7 Å². The Labute approximate surface area is 315 Å². The molecule has 2 aromatic heterocycles. The summed E-state index contributed by atoms with van der Waals surface area (Å²) in [6, 6.07) is 69.2. The fraction of sp³-hybridized carbons (Fsp3) is 0. The van der Waals surface area contributed by atoms with E-state index in [4.69, 9.17) is 0 Å². The lowest BCUT2D eigenvalue weighted by atomic mass is 9.93. The molecule has 0 radical (unpaired) electrons. The number of rotatable bonds is 5. The lowest BCUT2D eigenvalue weighted by Gasteiger charge is -2.28. The quantitative estimate of drug-likeness (QED) is 0.172. The molecule has 0 unspecified atom stereocenters. The molecule has 0 spiro atoms. The minimum atomic E-state index is 1.15. The van der Waals surface area contributed by atoms with E-state index in [9.17, 15) is 0 Å². The Balaban J connectivity index is 1.21. The van der Waals surface area contributed by atoms with Gasteiger partial charge < -0.3 is 4.90 Å². The van der Waals surface area contributed by atoms with Crippen molar-refractivity contribution in [3.8, 4) is 22.3 Å². The van der Waals surface area contributed by atoms with Crippen molar-refractivity contribution in [1.82, 2.24) is 0 Å². The lowest BCUT2D eigenvalue weighted by Crippen LogP contribution is -2.10. The molecule has 3 heteroatoms. The number of anilines is 3. The first-order valence-corrected chi connectivity index (χ1v) is 19.6. The van der Waals surface area contributed by atoms with Gasteiger partial charge in [0.2, 0.25) is 0 Å². The van der Waals surface area contributed by atoms with E-state index in [1.165, 1.54) is 89.8 Å². The van der Waals surface area contributed by atoms with E-state index in [1.807, 2.05) is 22.7 Å². The standard InChI is InChI=1S/C50H31NS2/c1-2-13-33(14-3-1)36-21-11-23-42-43-24-12-25-46(50(43)53-49(36)42)51(34-27-30-48-44(31-34)41-20-8-9-26-47(41)52-48)45-29-28-39(38-18-6-7-19-40(38)45)37-22-10-16-32-15-4-5-17-35(32)37/h1-31H. The molecule has 11 rings (SSSR count). The molecule has 2 heterocycles. The lowest BCUT2D eigenvalue weighted by molar-refractivity contribution is 1.32. The summed E-state index contributed by atoms with van der Waals surface area (Å²) >= 11 is 3.77. The SMILES string of the molecule is c1ccc(-c2cccc3c2sc2c(N(c4ccc5sc6ccccc6c5c4)c4ccc(-c5cccc6ccccc56)c5ccccc45)cccc23)cc1. The van der Waals surface area contributed by atoms with Crippen molar-refractivity contribution in [3.05, 3.63) is 188 Å². The molecule has 0 atom stereocenters. The van der Waals surface area contributed by atoms with E-state index in [0.29, 0.717) is 0 Å². The van der Waals surface area contributed by atoms with Crippen molar-refractivity contribution in [2.45, 2.75) is 0 Å². The van der Waals surface area contributed by atoms with E-state index < -0.39 is 0 Å². The summed E-state index contributed by atoms with van der Waals surface area (Å²) in [5.74, 6) is 0. The van der Waals surface area contributed by atoms with Gasteiger partial charge in [0.1, 0.15) is 0 Å². The summed E-state index contributed by atoms with van der Waals surface area (Å²) in [6.45, 7) is 0. The van der Waals surface area contributed by atoms with Gasteiger partial charge in [0.05, 0.1) is 16.1 Å². The van der Waals surface area contributed by atoms with Gasteiger partial charge in [-0.2, -0.15) is 0 Å². The average molecular weight is 710 g/mol. The summed E-state index contributed by atoms with van der Waals surface area (Å²) in [5, 5.41) is 10.1. The predicted octanol–water partition coefficient (Wildman–Crippen LogP) is 15.5. The molecule has 9 aromatic carbocycles. The van der Waals surface area contributed by atoms with E-state index in [1.54, 1.807) is 0 Å². The predicted molar refractivity (Wildman–Crippen MR) is 233 cm³/mol. The highest BCUT2D eigenvalue weighted by Gasteiger charge is 2.23. The van der Waals surface area contributed by atoms with Crippen LogP contribution in [0.5, 0.6) is 0 Å². The van der Waals surface area contributed by atoms with Crippen molar-refractivity contribution < 1.29 is 0 Å². The maximum Gasteiger partial charge on any atom is 0.0640 e. The summed E-state index contributed by atoms with van der Waals surface area (Å²) in [7, 11) is 0.